The van der Waals surface area contributed by atoms with Crippen LogP contribution in [-0.2, 0) is 16.0 Å². The summed E-state index contributed by atoms with van der Waals surface area (Å²) < 4.78 is 4.66. The van der Waals surface area contributed by atoms with Crippen LogP contribution in [0.2, 0.25) is 10.0 Å². The van der Waals surface area contributed by atoms with E-state index in [-0.39, 0.29) is 0 Å². The molecule has 0 unspecified atom stereocenters. The smallest absolute Gasteiger partial charge is 0.328 e. The van der Waals surface area contributed by atoms with Crippen molar-refractivity contribution < 1.29 is 14.3 Å². The predicted octanol–water partition coefficient (Wildman–Crippen LogP) is 2.94. The number of ether oxygens (including phenoxy) is 1. The molecule has 138 valence electrons. The van der Waals surface area contributed by atoms with Crippen LogP contribution in [0.4, 0.5) is 4.79 Å². The van der Waals surface area contributed by atoms with Gasteiger partial charge >= 0.3 is 12.0 Å². The Morgan fingerprint density at radius 2 is 2.19 bits per heavy atom. The lowest BCUT2D eigenvalue weighted by Crippen LogP contribution is -2.50. The fourth-order valence-electron chi connectivity index (χ4n) is 3.05. The molecule has 0 spiro atoms. The highest BCUT2D eigenvalue weighted by Crippen LogP contribution is 2.39. The van der Waals surface area contributed by atoms with Crippen LogP contribution < -0.4 is 5.32 Å². The van der Waals surface area contributed by atoms with E-state index >= 15 is 0 Å². The number of aromatic nitrogens is 2. The Hall–Kier alpha value is -2.25. The SMILES string of the molecule is COC(=O)[C@H](C)NC(=O)N1CCc2[nH]cnc2[C@H]1c1cccc(Cl)c1Cl. The van der Waals surface area contributed by atoms with Gasteiger partial charge in [-0.1, -0.05) is 35.3 Å². The van der Waals surface area contributed by atoms with Crippen LogP contribution >= 0.6 is 23.2 Å². The lowest BCUT2D eigenvalue weighted by atomic mass is 9.96. The predicted molar refractivity (Wildman–Crippen MR) is 97.3 cm³/mol. The van der Waals surface area contributed by atoms with Crippen LogP contribution in [0.25, 0.3) is 0 Å². The molecule has 2 N–H and O–H groups in total. The number of halogens is 2. The molecule has 1 aliphatic heterocycles. The van der Waals surface area contributed by atoms with Crippen molar-refractivity contribution in [2.75, 3.05) is 13.7 Å². The first kappa shape index (κ1) is 18.5. The number of carbonyl (C=O) groups excluding carboxylic acids is 2. The molecule has 1 aromatic heterocycles. The molecule has 2 atom stereocenters. The fourth-order valence-corrected chi connectivity index (χ4v) is 3.46. The van der Waals surface area contributed by atoms with Gasteiger partial charge in [-0.15, -0.1) is 0 Å². The Morgan fingerprint density at radius 1 is 1.42 bits per heavy atom. The van der Waals surface area contributed by atoms with Crippen molar-refractivity contribution in [1.29, 1.82) is 0 Å². The number of carbonyl (C=O) groups is 2. The molecule has 0 radical (unpaired) electrons. The zero-order valence-corrected chi connectivity index (χ0v) is 15.8. The third-order valence-corrected chi connectivity index (χ3v) is 5.19. The van der Waals surface area contributed by atoms with Gasteiger partial charge in [-0.05, 0) is 13.0 Å². The van der Waals surface area contributed by atoms with Crippen molar-refractivity contribution in [2.45, 2.75) is 25.4 Å². The summed E-state index contributed by atoms with van der Waals surface area (Å²) in [6.07, 6.45) is 2.21. The molecule has 0 fully saturated rings. The van der Waals surface area contributed by atoms with E-state index in [0.717, 1.165) is 5.69 Å². The maximum atomic E-state index is 12.8. The topological polar surface area (TPSA) is 87.3 Å². The first-order chi connectivity index (χ1) is 12.4. The Labute approximate surface area is 160 Å². The van der Waals surface area contributed by atoms with Crippen molar-refractivity contribution in [3.8, 4) is 0 Å². The summed E-state index contributed by atoms with van der Waals surface area (Å²) in [6.45, 7) is 2.00. The third kappa shape index (κ3) is 3.37. The molecule has 2 amide bonds. The van der Waals surface area contributed by atoms with Crippen LogP contribution in [0.5, 0.6) is 0 Å². The number of urea groups is 1. The average Bonchev–Trinajstić information content (AvgIpc) is 3.11. The molecule has 0 aliphatic carbocycles. The summed E-state index contributed by atoms with van der Waals surface area (Å²) in [7, 11) is 1.27. The first-order valence-corrected chi connectivity index (χ1v) is 8.80. The molecule has 0 saturated heterocycles. The van der Waals surface area contributed by atoms with Crippen LogP contribution in [0.15, 0.2) is 24.5 Å². The van der Waals surface area contributed by atoms with E-state index in [4.69, 9.17) is 23.2 Å². The molecular weight excluding hydrogens is 379 g/mol. The number of H-pyrrole nitrogens is 1. The molecule has 0 bridgehead atoms. The minimum atomic E-state index is -0.774. The third-order valence-electron chi connectivity index (χ3n) is 4.36. The van der Waals surface area contributed by atoms with Crippen LogP contribution in [0.3, 0.4) is 0 Å². The number of nitrogens with one attached hydrogen (secondary N) is 2. The number of methoxy groups -OCH3 is 1. The van der Waals surface area contributed by atoms with Gasteiger partial charge in [0.1, 0.15) is 12.1 Å². The number of rotatable bonds is 3. The second kappa shape index (κ2) is 7.55. The summed E-state index contributed by atoms with van der Waals surface area (Å²) in [5.41, 5.74) is 2.32. The second-order valence-electron chi connectivity index (χ2n) is 5.95. The van der Waals surface area contributed by atoms with Gasteiger partial charge in [0, 0.05) is 24.2 Å². The highest BCUT2D eigenvalue weighted by molar-refractivity contribution is 6.42. The van der Waals surface area contributed by atoms with Crippen LogP contribution in [-0.4, -0.2) is 46.6 Å². The average molecular weight is 397 g/mol. The number of imidazole rings is 1. The van der Waals surface area contributed by atoms with E-state index in [0.29, 0.717) is 34.3 Å². The minimum Gasteiger partial charge on any atom is -0.467 e. The number of fused-ring (bicyclic) bond motifs is 1. The number of nitrogens with zero attached hydrogens (tertiary/aromatic N) is 2. The van der Waals surface area contributed by atoms with Crippen molar-refractivity contribution >= 4 is 35.2 Å². The molecule has 2 heterocycles. The van der Waals surface area contributed by atoms with Gasteiger partial charge in [-0.3, -0.25) is 0 Å². The lowest BCUT2D eigenvalue weighted by Gasteiger charge is -2.36. The quantitative estimate of drug-likeness (QED) is 0.780. The van der Waals surface area contributed by atoms with Gasteiger partial charge in [0.2, 0.25) is 0 Å². The minimum absolute atomic E-state index is 0.369. The monoisotopic (exact) mass is 396 g/mol. The molecule has 0 saturated carbocycles. The molecule has 1 aromatic carbocycles. The summed E-state index contributed by atoms with van der Waals surface area (Å²) in [6, 6.07) is 3.58. The van der Waals surface area contributed by atoms with Crippen LogP contribution in [0, 0.1) is 0 Å². The summed E-state index contributed by atoms with van der Waals surface area (Å²) in [5, 5.41) is 3.42. The van der Waals surface area contributed by atoms with Gasteiger partial charge in [-0.2, -0.15) is 0 Å². The number of esters is 1. The fraction of sp³-hybridized carbons (Fsp3) is 0.353. The molecule has 1 aliphatic rings. The van der Waals surface area contributed by atoms with E-state index in [9.17, 15) is 9.59 Å². The van der Waals surface area contributed by atoms with Gasteiger partial charge < -0.3 is 19.9 Å². The van der Waals surface area contributed by atoms with Gasteiger partial charge in [-0.25, -0.2) is 14.6 Å². The van der Waals surface area contributed by atoms with E-state index in [1.807, 2.05) is 6.07 Å². The maximum Gasteiger partial charge on any atom is 0.328 e. The summed E-state index contributed by atoms with van der Waals surface area (Å²) in [4.78, 5) is 33.5. The molecule has 7 nitrogen and oxygen atoms in total. The highest BCUT2D eigenvalue weighted by atomic mass is 35.5. The van der Waals surface area contributed by atoms with E-state index in [1.54, 1.807) is 30.3 Å². The zero-order chi connectivity index (χ0) is 18.8. The zero-order valence-electron chi connectivity index (χ0n) is 14.3. The highest BCUT2D eigenvalue weighted by Gasteiger charge is 2.36. The van der Waals surface area contributed by atoms with Crippen molar-refractivity contribution in [1.82, 2.24) is 20.2 Å². The maximum absolute atomic E-state index is 12.8. The molecule has 3 rings (SSSR count). The Morgan fingerprint density at radius 3 is 2.92 bits per heavy atom. The van der Waals surface area contributed by atoms with Crippen molar-refractivity contribution in [2.24, 2.45) is 0 Å². The Bertz CT molecular complexity index is 839. The standard InChI is InChI=1S/C17H18Cl2N4O3/c1-9(16(24)26-2)22-17(25)23-7-6-12-14(21-8-20-12)15(23)10-4-3-5-11(18)13(10)19/h3-5,8-9,15H,6-7H2,1-2H3,(H,20,21)(H,22,25)/t9-,15+/m0/s1. The Balaban J connectivity index is 1.97. The number of amides is 2. The van der Waals surface area contributed by atoms with Gasteiger partial charge in [0.05, 0.1) is 29.2 Å². The van der Waals surface area contributed by atoms with Crippen LogP contribution in [0.1, 0.15) is 29.9 Å². The van der Waals surface area contributed by atoms with E-state index in [2.05, 4.69) is 20.0 Å². The largest absolute Gasteiger partial charge is 0.467 e. The second-order valence-corrected chi connectivity index (χ2v) is 6.73. The van der Waals surface area contributed by atoms with E-state index < -0.39 is 24.1 Å². The first-order valence-electron chi connectivity index (χ1n) is 8.05. The number of hydrogen-bond acceptors (Lipinski definition) is 4. The summed E-state index contributed by atoms with van der Waals surface area (Å²) >= 11 is 12.6. The van der Waals surface area contributed by atoms with E-state index in [1.165, 1.54) is 7.11 Å². The summed E-state index contributed by atoms with van der Waals surface area (Å²) in [5.74, 6) is -0.520. The molecule has 9 heteroatoms. The molecular formula is C17H18Cl2N4O3. The number of benzene rings is 1. The van der Waals surface area contributed by atoms with Gasteiger partial charge in [0.25, 0.3) is 0 Å². The molecule has 26 heavy (non-hydrogen) atoms. The Kier molecular flexibility index (Phi) is 5.38. The van der Waals surface area contributed by atoms with Gasteiger partial charge in [0.15, 0.2) is 0 Å². The van der Waals surface area contributed by atoms with Crippen molar-refractivity contribution in [3.05, 3.63) is 51.5 Å². The number of aromatic amines is 1. The molecule has 2 aromatic rings. The normalized spacial score (nSPS) is 17.4. The van der Waals surface area contributed by atoms with Crippen molar-refractivity contribution in [3.63, 3.8) is 0 Å². The number of hydrogen-bond donors (Lipinski definition) is 2. The lowest BCUT2D eigenvalue weighted by molar-refractivity contribution is -0.142.